The molecule has 4 rings (SSSR count). The van der Waals surface area contributed by atoms with Crippen LogP contribution in [-0.2, 0) is 9.53 Å². The standard InChI is InChI=1S/C17H16N4O4S/c1-9(21-15(23)10-5-2-3-6-11(10)16(21)24)13(22)18-17-20-19-14(26-17)12-7-4-8-25-12/h2-3,5-6,9,12H,4,7-8H2,1H3,(H,18,20,22). The van der Waals surface area contributed by atoms with E-state index in [0.29, 0.717) is 27.9 Å². The van der Waals surface area contributed by atoms with Crippen LogP contribution in [0.4, 0.5) is 5.13 Å². The van der Waals surface area contributed by atoms with Gasteiger partial charge in [0, 0.05) is 6.61 Å². The first-order valence-electron chi connectivity index (χ1n) is 8.29. The molecule has 0 radical (unpaired) electrons. The Balaban J connectivity index is 1.47. The second-order valence-electron chi connectivity index (χ2n) is 6.14. The molecule has 3 amide bonds. The van der Waals surface area contributed by atoms with Crippen LogP contribution >= 0.6 is 11.3 Å². The number of ether oxygens (including phenoxy) is 1. The van der Waals surface area contributed by atoms with Crippen LogP contribution in [0.15, 0.2) is 24.3 Å². The van der Waals surface area contributed by atoms with E-state index in [1.807, 2.05) is 0 Å². The molecule has 0 aliphatic carbocycles. The van der Waals surface area contributed by atoms with Crippen molar-refractivity contribution in [2.75, 3.05) is 11.9 Å². The molecule has 2 unspecified atom stereocenters. The Morgan fingerprint density at radius 1 is 1.27 bits per heavy atom. The summed E-state index contributed by atoms with van der Waals surface area (Å²) in [6, 6.07) is 5.58. The van der Waals surface area contributed by atoms with Gasteiger partial charge in [0.05, 0.1) is 11.1 Å². The number of carbonyl (C=O) groups excluding carboxylic acids is 3. The van der Waals surface area contributed by atoms with E-state index in [2.05, 4.69) is 15.5 Å². The van der Waals surface area contributed by atoms with Gasteiger partial charge in [0.25, 0.3) is 11.8 Å². The highest BCUT2D eigenvalue weighted by Crippen LogP contribution is 2.32. The van der Waals surface area contributed by atoms with Crippen LogP contribution in [0.3, 0.4) is 0 Å². The molecule has 2 aromatic rings. The molecule has 9 heteroatoms. The highest BCUT2D eigenvalue weighted by Gasteiger charge is 2.40. The minimum absolute atomic E-state index is 0.0770. The molecule has 1 N–H and O–H groups in total. The molecule has 26 heavy (non-hydrogen) atoms. The smallest absolute Gasteiger partial charge is 0.262 e. The summed E-state index contributed by atoms with van der Waals surface area (Å²) in [5.41, 5.74) is 0.627. The fourth-order valence-electron chi connectivity index (χ4n) is 3.07. The molecule has 2 aliphatic rings. The van der Waals surface area contributed by atoms with E-state index in [0.717, 1.165) is 17.7 Å². The summed E-state index contributed by atoms with van der Waals surface area (Å²) in [4.78, 5) is 38.4. The van der Waals surface area contributed by atoms with E-state index in [-0.39, 0.29) is 6.10 Å². The molecule has 3 heterocycles. The second kappa shape index (κ2) is 6.58. The molecule has 1 saturated heterocycles. The molecular weight excluding hydrogens is 356 g/mol. The van der Waals surface area contributed by atoms with Gasteiger partial charge < -0.3 is 4.74 Å². The molecule has 134 valence electrons. The van der Waals surface area contributed by atoms with Crippen molar-refractivity contribution in [3.8, 4) is 0 Å². The van der Waals surface area contributed by atoms with E-state index in [1.165, 1.54) is 18.3 Å². The minimum Gasteiger partial charge on any atom is -0.371 e. The van der Waals surface area contributed by atoms with Gasteiger partial charge in [0.2, 0.25) is 11.0 Å². The fourth-order valence-corrected chi connectivity index (χ4v) is 3.90. The van der Waals surface area contributed by atoms with Crippen molar-refractivity contribution in [2.24, 2.45) is 0 Å². The first-order valence-corrected chi connectivity index (χ1v) is 9.10. The molecule has 1 aromatic carbocycles. The monoisotopic (exact) mass is 372 g/mol. The summed E-state index contributed by atoms with van der Waals surface area (Å²) in [7, 11) is 0. The lowest BCUT2D eigenvalue weighted by molar-refractivity contribution is -0.119. The van der Waals surface area contributed by atoms with E-state index < -0.39 is 23.8 Å². The predicted molar refractivity (Wildman–Crippen MR) is 92.9 cm³/mol. The van der Waals surface area contributed by atoms with Crippen LogP contribution in [0.2, 0.25) is 0 Å². The third-order valence-corrected chi connectivity index (χ3v) is 5.40. The number of rotatable bonds is 4. The minimum atomic E-state index is -0.961. The van der Waals surface area contributed by atoms with Crippen molar-refractivity contribution >= 4 is 34.2 Å². The zero-order valence-corrected chi connectivity index (χ0v) is 14.8. The normalized spacial score (nSPS) is 20.3. The lowest BCUT2D eigenvalue weighted by Gasteiger charge is -2.20. The van der Waals surface area contributed by atoms with Crippen molar-refractivity contribution < 1.29 is 19.1 Å². The molecule has 0 spiro atoms. The van der Waals surface area contributed by atoms with Crippen LogP contribution in [0.1, 0.15) is 51.6 Å². The molecule has 0 saturated carbocycles. The average Bonchev–Trinajstić information content (AvgIpc) is 3.36. The SMILES string of the molecule is CC(C(=O)Nc1nnc(C2CCCO2)s1)N1C(=O)c2ccccc2C1=O. The Morgan fingerprint density at radius 2 is 1.96 bits per heavy atom. The van der Waals surface area contributed by atoms with Gasteiger partial charge in [-0.15, -0.1) is 10.2 Å². The number of hydrogen-bond donors (Lipinski definition) is 1. The number of imide groups is 1. The van der Waals surface area contributed by atoms with Crippen molar-refractivity contribution in [2.45, 2.75) is 31.9 Å². The maximum atomic E-state index is 12.5. The van der Waals surface area contributed by atoms with E-state index in [4.69, 9.17) is 4.74 Å². The summed E-state index contributed by atoms with van der Waals surface area (Å²) in [5, 5.41) is 11.7. The summed E-state index contributed by atoms with van der Waals surface area (Å²) < 4.78 is 5.55. The average molecular weight is 372 g/mol. The molecule has 1 fully saturated rings. The zero-order valence-electron chi connectivity index (χ0n) is 14.0. The van der Waals surface area contributed by atoms with Gasteiger partial charge in [-0.25, -0.2) is 0 Å². The Hall–Kier alpha value is -2.65. The summed E-state index contributed by atoms with van der Waals surface area (Å²) in [6.45, 7) is 2.21. The Kier molecular flexibility index (Phi) is 4.25. The van der Waals surface area contributed by atoms with Crippen LogP contribution < -0.4 is 5.32 Å². The lowest BCUT2D eigenvalue weighted by Crippen LogP contribution is -2.45. The van der Waals surface area contributed by atoms with E-state index in [9.17, 15) is 14.4 Å². The molecule has 1 aromatic heterocycles. The maximum absolute atomic E-state index is 12.5. The summed E-state index contributed by atoms with van der Waals surface area (Å²) in [6.07, 6.45) is 1.78. The van der Waals surface area contributed by atoms with Crippen LogP contribution in [-0.4, -0.2) is 45.5 Å². The predicted octanol–water partition coefficient (Wildman–Crippen LogP) is 2.01. The number of nitrogens with zero attached hydrogens (tertiary/aromatic N) is 3. The van der Waals surface area contributed by atoms with Gasteiger partial charge in [0.15, 0.2) is 0 Å². The Morgan fingerprint density at radius 3 is 2.58 bits per heavy atom. The maximum Gasteiger partial charge on any atom is 0.262 e. The summed E-state index contributed by atoms with van der Waals surface area (Å²) in [5.74, 6) is -1.43. The van der Waals surface area contributed by atoms with Gasteiger partial charge in [-0.1, -0.05) is 23.5 Å². The fraction of sp³-hybridized carbons (Fsp3) is 0.353. The van der Waals surface area contributed by atoms with Crippen LogP contribution in [0.25, 0.3) is 0 Å². The topological polar surface area (TPSA) is 101 Å². The van der Waals surface area contributed by atoms with Crippen LogP contribution in [0, 0.1) is 0 Å². The molecule has 2 atom stereocenters. The number of benzene rings is 1. The largest absolute Gasteiger partial charge is 0.371 e. The molecule has 2 aliphatic heterocycles. The number of hydrogen-bond acceptors (Lipinski definition) is 7. The van der Waals surface area contributed by atoms with Crippen molar-refractivity contribution in [1.29, 1.82) is 0 Å². The van der Waals surface area contributed by atoms with E-state index in [1.54, 1.807) is 24.3 Å². The van der Waals surface area contributed by atoms with E-state index >= 15 is 0 Å². The lowest BCUT2D eigenvalue weighted by atomic mass is 10.1. The van der Waals surface area contributed by atoms with Gasteiger partial charge in [-0.05, 0) is 31.9 Å². The zero-order chi connectivity index (χ0) is 18.3. The van der Waals surface area contributed by atoms with Crippen LogP contribution in [0.5, 0.6) is 0 Å². The third kappa shape index (κ3) is 2.78. The van der Waals surface area contributed by atoms with Crippen molar-refractivity contribution in [3.05, 3.63) is 40.4 Å². The molecular formula is C17H16N4O4S. The number of anilines is 1. The van der Waals surface area contributed by atoms with Crippen molar-refractivity contribution in [3.63, 3.8) is 0 Å². The van der Waals surface area contributed by atoms with Gasteiger partial charge in [-0.3, -0.25) is 24.6 Å². The molecule has 0 bridgehead atoms. The number of amides is 3. The third-order valence-electron chi connectivity index (χ3n) is 4.47. The van der Waals surface area contributed by atoms with Gasteiger partial charge in [-0.2, -0.15) is 0 Å². The van der Waals surface area contributed by atoms with Gasteiger partial charge in [0.1, 0.15) is 17.2 Å². The van der Waals surface area contributed by atoms with Crippen molar-refractivity contribution in [1.82, 2.24) is 15.1 Å². The first-order chi connectivity index (χ1) is 12.6. The second-order valence-corrected chi connectivity index (χ2v) is 7.15. The quantitative estimate of drug-likeness (QED) is 0.824. The molecule has 8 nitrogen and oxygen atoms in total. The highest BCUT2D eigenvalue weighted by atomic mass is 32.1. The Labute approximate surface area is 153 Å². The Bertz CT molecular complexity index is 855. The number of carbonyl (C=O) groups is 3. The summed E-state index contributed by atoms with van der Waals surface area (Å²) >= 11 is 1.24. The number of aromatic nitrogens is 2. The van der Waals surface area contributed by atoms with Gasteiger partial charge >= 0.3 is 0 Å². The first kappa shape index (κ1) is 16.8. The highest BCUT2D eigenvalue weighted by molar-refractivity contribution is 7.15. The number of fused-ring (bicyclic) bond motifs is 1. The number of nitrogens with one attached hydrogen (secondary N) is 1.